The molecule has 2 aromatic heterocycles. The van der Waals surface area contributed by atoms with Crippen LogP contribution >= 0.6 is 15.9 Å². The van der Waals surface area contributed by atoms with Crippen LogP contribution in [0.4, 0.5) is 0 Å². The molecule has 0 aliphatic rings. The molecule has 0 spiro atoms. The van der Waals surface area contributed by atoms with Crippen LogP contribution in [0, 0.1) is 6.92 Å². The van der Waals surface area contributed by atoms with E-state index < -0.39 is 0 Å². The molecule has 0 saturated carbocycles. The van der Waals surface area contributed by atoms with E-state index in [9.17, 15) is 0 Å². The molecular weight excluding hydrogens is 506 g/mol. The maximum atomic E-state index is 5.92. The van der Waals surface area contributed by atoms with Gasteiger partial charge >= 0.3 is 0 Å². The molecule has 0 unspecified atom stereocenters. The minimum absolute atomic E-state index is 0.379. The van der Waals surface area contributed by atoms with E-state index in [0.29, 0.717) is 24.1 Å². The minimum Gasteiger partial charge on any atom is -0.496 e. The molecule has 2 heterocycles. The van der Waals surface area contributed by atoms with E-state index in [2.05, 4.69) is 44.1 Å². The van der Waals surface area contributed by atoms with Gasteiger partial charge in [-0.15, -0.1) is 10.2 Å². The van der Waals surface area contributed by atoms with Crippen LogP contribution in [0.2, 0.25) is 0 Å². The first-order valence-corrected chi connectivity index (χ1v) is 11.8. The molecule has 0 aliphatic carbocycles. The SMILES string of the molecule is COc1ccc(/C=C\c2nnc(-c3ccc4cc(C)ccc4n3)o2)cc1COc1ccc(Br)cc1. The molecule has 174 valence electrons. The number of pyridine rings is 1. The molecule has 7 heteroatoms. The molecule has 0 atom stereocenters. The van der Waals surface area contributed by atoms with Gasteiger partial charge in [-0.3, -0.25) is 0 Å². The quantitative estimate of drug-likeness (QED) is 0.224. The van der Waals surface area contributed by atoms with Gasteiger partial charge in [0.25, 0.3) is 5.89 Å². The summed E-state index contributed by atoms with van der Waals surface area (Å²) in [6.07, 6.45) is 3.69. The smallest absolute Gasteiger partial charge is 0.266 e. The van der Waals surface area contributed by atoms with Crippen molar-refractivity contribution in [3.05, 3.63) is 99.9 Å². The van der Waals surface area contributed by atoms with Crippen molar-refractivity contribution in [1.82, 2.24) is 15.2 Å². The Morgan fingerprint density at radius 1 is 0.914 bits per heavy atom. The van der Waals surface area contributed by atoms with Gasteiger partial charge in [0.1, 0.15) is 23.8 Å². The molecule has 0 aliphatic heterocycles. The third-order valence-corrected chi connectivity index (χ3v) is 5.96. The van der Waals surface area contributed by atoms with Gasteiger partial charge in [0.15, 0.2) is 0 Å². The Balaban J connectivity index is 1.32. The van der Waals surface area contributed by atoms with Crippen LogP contribution in [0.25, 0.3) is 34.6 Å². The fraction of sp³-hybridized carbons (Fsp3) is 0.107. The molecule has 6 nitrogen and oxygen atoms in total. The molecule has 0 fully saturated rings. The number of halogens is 1. The van der Waals surface area contributed by atoms with Crippen LogP contribution in [0.15, 0.2) is 81.7 Å². The Bertz CT molecular complexity index is 1510. The van der Waals surface area contributed by atoms with Crippen LogP contribution in [-0.2, 0) is 6.61 Å². The summed E-state index contributed by atoms with van der Waals surface area (Å²) in [7, 11) is 1.65. The highest BCUT2D eigenvalue weighted by molar-refractivity contribution is 9.10. The molecule has 0 saturated heterocycles. The molecule has 5 rings (SSSR count). The summed E-state index contributed by atoms with van der Waals surface area (Å²) in [6.45, 7) is 2.44. The number of hydrogen-bond acceptors (Lipinski definition) is 6. The molecule has 5 aromatic rings. The Morgan fingerprint density at radius 3 is 2.60 bits per heavy atom. The molecular formula is C28H22BrN3O3. The number of aromatic nitrogens is 3. The van der Waals surface area contributed by atoms with Gasteiger partial charge in [0, 0.05) is 21.5 Å². The van der Waals surface area contributed by atoms with Crippen LogP contribution in [-0.4, -0.2) is 22.3 Å². The van der Waals surface area contributed by atoms with E-state index in [1.165, 1.54) is 5.56 Å². The second-order valence-corrected chi connectivity index (χ2v) is 8.90. The zero-order chi connectivity index (χ0) is 24.2. The Hall–Kier alpha value is -3.97. The van der Waals surface area contributed by atoms with Crippen LogP contribution in [0.5, 0.6) is 11.5 Å². The number of ether oxygens (including phenoxy) is 2. The van der Waals surface area contributed by atoms with Gasteiger partial charge in [-0.05, 0) is 73.2 Å². The van der Waals surface area contributed by atoms with E-state index in [1.807, 2.05) is 72.8 Å². The van der Waals surface area contributed by atoms with Gasteiger partial charge in [-0.2, -0.15) is 0 Å². The lowest BCUT2D eigenvalue weighted by Crippen LogP contribution is -1.99. The number of hydrogen-bond donors (Lipinski definition) is 0. The highest BCUT2D eigenvalue weighted by Crippen LogP contribution is 2.25. The van der Waals surface area contributed by atoms with Gasteiger partial charge in [-0.25, -0.2) is 4.98 Å². The van der Waals surface area contributed by atoms with Crippen molar-refractivity contribution in [1.29, 1.82) is 0 Å². The third kappa shape index (κ3) is 5.41. The lowest BCUT2D eigenvalue weighted by Gasteiger charge is -2.11. The molecule has 35 heavy (non-hydrogen) atoms. The number of aryl methyl sites for hydroxylation is 1. The normalized spacial score (nSPS) is 11.3. The largest absolute Gasteiger partial charge is 0.496 e. The number of methoxy groups -OCH3 is 1. The number of fused-ring (bicyclic) bond motifs is 1. The van der Waals surface area contributed by atoms with E-state index in [0.717, 1.165) is 38.0 Å². The molecule has 0 bridgehead atoms. The van der Waals surface area contributed by atoms with Gasteiger partial charge < -0.3 is 13.9 Å². The topological polar surface area (TPSA) is 70.3 Å². The van der Waals surface area contributed by atoms with Crippen LogP contribution < -0.4 is 9.47 Å². The average molecular weight is 528 g/mol. The summed E-state index contributed by atoms with van der Waals surface area (Å²) in [4.78, 5) is 4.65. The number of rotatable bonds is 7. The van der Waals surface area contributed by atoms with Crippen molar-refractivity contribution in [2.24, 2.45) is 0 Å². The molecule has 3 aromatic carbocycles. The van der Waals surface area contributed by atoms with Gasteiger partial charge in [0.05, 0.1) is 12.6 Å². The first kappa shape index (κ1) is 22.8. The summed E-state index contributed by atoms with van der Waals surface area (Å²) in [5.74, 6) is 2.32. The van der Waals surface area contributed by atoms with E-state index in [-0.39, 0.29) is 0 Å². The van der Waals surface area contributed by atoms with E-state index >= 15 is 0 Å². The Labute approximate surface area is 211 Å². The summed E-state index contributed by atoms with van der Waals surface area (Å²) >= 11 is 3.43. The predicted octanol–water partition coefficient (Wildman–Crippen LogP) is 7.11. The van der Waals surface area contributed by atoms with Crippen molar-refractivity contribution in [3.8, 4) is 23.1 Å². The molecule has 0 amide bonds. The standard InChI is InChI=1S/C28H22BrN3O3/c1-18-3-11-24-20(15-18)6-12-25(30-24)28-32-31-27(35-28)14-5-19-4-13-26(33-2)21(16-19)17-34-23-9-7-22(29)8-10-23/h3-16H,17H2,1-2H3/b14-5-. The highest BCUT2D eigenvalue weighted by Gasteiger charge is 2.10. The first-order chi connectivity index (χ1) is 17.1. The van der Waals surface area contributed by atoms with Crippen molar-refractivity contribution in [2.75, 3.05) is 7.11 Å². The van der Waals surface area contributed by atoms with E-state index in [1.54, 1.807) is 13.2 Å². The number of benzene rings is 3. The summed E-state index contributed by atoms with van der Waals surface area (Å²) in [5.41, 5.74) is 4.61. The second-order valence-electron chi connectivity index (χ2n) is 7.99. The summed E-state index contributed by atoms with van der Waals surface area (Å²) < 4.78 is 18.3. The van der Waals surface area contributed by atoms with Gasteiger partial charge in [-0.1, -0.05) is 39.7 Å². The Morgan fingerprint density at radius 2 is 1.77 bits per heavy atom. The maximum absolute atomic E-state index is 5.92. The Kier molecular flexibility index (Phi) is 6.59. The number of nitrogens with zero attached hydrogens (tertiary/aromatic N) is 3. The maximum Gasteiger partial charge on any atom is 0.266 e. The van der Waals surface area contributed by atoms with Crippen LogP contribution in [0.3, 0.4) is 0 Å². The lowest BCUT2D eigenvalue weighted by molar-refractivity contribution is 0.296. The fourth-order valence-electron chi connectivity index (χ4n) is 3.64. The molecule has 0 radical (unpaired) electrons. The van der Waals surface area contributed by atoms with E-state index in [4.69, 9.17) is 13.9 Å². The molecule has 0 N–H and O–H groups in total. The van der Waals surface area contributed by atoms with Crippen molar-refractivity contribution >= 4 is 39.0 Å². The fourth-order valence-corrected chi connectivity index (χ4v) is 3.91. The third-order valence-electron chi connectivity index (χ3n) is 5.44. The van der Waals surface area contributed by atoms with Crippen molar-refractivity contribution < 1.29 is 13.9 Å². The zero-order valence-corrected chi connectivity index (χ0v) is 20.8. The summed E-state index contributed by atoms with van der Waals surface area (Å²) in [6, 6.07) is 23.6. The monoisotopic (exact) mass is 527 g/mol. The highest BCUT2D eigenvalue weighted by atomic mass is 79.9. The minimum atomic E-state index is 0.379. The van der Waals surface area contributed by atoms with Crippen LogP contribution in [0.1, 0.15) is 22.6 Å². The second kappa shape index (κ2) is 10.1. The van der Waals surface area contributed by atoms with Crippen molar-refractivity contribution in [2.45, 2.75) is 13.5 Å². The first-order valence-electron chi connectivity index (χ1n) is 11.0. The average Bonchev–Trinajstić information content (AvgIpc) is 3.36. The summed E-state index contributed by atoms with van der Waals surface area (Å²) in [5, 5.41) is 9.38. The lowest BCUT2D eigenvalue weighted by atomic mass is 10.1. The predicted molar refractivity (Wildman–Crippen MR) is 140 cm³/mol. The zero-order valence-electron chi connectivity index (χ0n) is 19.2. The van der Waals surface area contributed by atoms with Gasteiger partial charge in [0.2, 0.25) is 5.89 Å². The van der Waals surface area contributed by atoms with Crippen molar-refractivity contribution in [3.63, 3.8) is 0 Å².